The second kappa shape index (κ2) is 19.2. The Morgan fingerprint density at radius 3 is 1.98 bits per heavy atom. The summed E-state index contributed by atoms with van der Waals surface area (Å²) in [5, 5.41) is 0. The molecule has 2 aromatic rings. The zero-order valence-corrected chi connectivity index (χ0v) is 40.6. The van der Waals surface area contributed by atoms with Crippen LogP contribution in [0.2, 0.25) is 0 Å². The molecule has 0 aliphatic carbocycles. The normalized spacial score (nSPS) is 14.9. The molecular weight excluding hydrogens is 1320 g/mol. The molecule has 0 aliphatic rings. The molecule has 16 heteroatoms. The van der Waals surface area contributed by atoms with E-state index in [-0.39, 0.29) is 12.2 Å². The number of halogens is 6. The van der Waals surface area contributed by atoms with Gasteiger partial charge in [0.1, 0.15) is 0 Å². The summed E-state index contributed by atoms with van der Waals surface area (Å²) in [5.74, 6) is -0.843. The molecule has 0 heterocycles. The molecule has 0 saturated carbocycles. The van der Waals surface area contributed by atoms with Gasteiger partial charge in [-0.25, -0.2) is 0 Å². The minimum atomic E-state index is -4.35. The highest BCUT2D eigenvalue weighted by atomic mass is 127. The van der Waals surface area contributed by atoms with Crippen LogP contribution < -0.4 is 4.90 Å². The highest BCUT2D eigenvalue weighted by Gasteiger charge is 2.39. The van der Waals surface area contributed by atoms with E-state index in [0.29, 0.717) is 12.3 Å². The van der Waals surface area contributed by atoms with Crippen LogP contribution in [0.4, 0.5) is 5.69 Å². The van der Waals surface area contributed by atoms with Crippen molar-refractivity contribution in [3.8, 4) is 0 Å². The molecule has 2 rings (SSSR count). The highest BCUT2D eigenvalue weighted by molar-refractivity contribution is 14.1. The molecule has 0 spiro atoms. The fraction of sp³-hybridized carbons (Fsp3) is 0.323. The van der Waals surface area contributed by atoms with Gasteiger partial charge in [0.15, 0.2) is 0 Å². The molecule has 0 amide bonds. The standard InChI is InChI=1S/C31H34I6N2O6S2/c1-19-16-22(32)29(36)30(37)26(19)31(4,18-47(43,44)45)25(38-5)13-10-8-6-7-9-12-20(2)39(14-11-15-46(40,41)42)24-17-23(33)28(35)27(34)21(24)3/h6-10,12-13,16-17H,11,14-15,18H2,1-5H3,(H,40,41,42)(H,43,44,45)/b8-6+,9-7+,13-10+,20-12-,38-25+. The van der Waals surface area contributed by atoms with Gasteiger partial charge in [-0.3, -0.25) is 14.1 Å². The monoisotopic (exact) mass is 1360 g/mol. The molecule has 258 valence electrons. The van der Waals surface area contributed by atoms with Gasteiger partial charge in [-0.2, -0.15) is 16.8 Å². The number of aryl methyl sites for hydroxylation is 1. The van der Waals surface area contributed by atoms with Crippen LogP contribution in [0.5, 0.6) is 0 Å². The maximum atomic E-state index is 12.2. The third-order valence-corrected chi connectivity index (χ3v) is 19.3. The Morgan fingerprint density at radius 2 is 1.40 bits per heavy atom. The van der Waals surface area contributed by atoms with Gasteiger partial charge in [0.25, 0.3) is 20.2 Å². The second-order valence-corrected chi connectivity index (χ2v) is 20.4. The van der Waals surface area contributed by atoms with Crippen molar-refractivity contribution in [3.63, 3.8) is 0 Å². The Labute approximate surface area is 360 Å². The molecular formula is C31H34I6N2O6S2. The second-order valence-electron chi connectivity index (χ2n) is 10.7. The molecule has 2 aromatic carbocycles. The fourth-order valence-corrected chi connectivity index (χ4v) is 11.7. The molecule has 1 unspecified atom stereocenters. The molecule has 8 nitrogen and oxygen atoms in total. The van der Waals surface area contributed by atoms with Crippen LogP contribution in [0.15, 0.2) is 65.4 Å². The molecule has 0 aliphatic heterocycles. The topological polar surface area (TPSA) is 124 Å². The van der Waals surface area contributed by atoms with Crippen LogP contribution >= 0.6 is 136 Å². The zero-order chi connectivity index (χ0) is 35.9. The lowest BCUT2D eigenvalue weighted by Gasteiger charge is -2.32. The minimum absolute atomic E-state index is 0.259. The summed E-state index contributed by atoms with van der Waals surface area (Å²) in [6.45, 7) is 8.12. The van der Waals surface area contributed by atoms with E-state index in [4.69, 9.17) is 0 Å². The van der Waals surface area contributed by atoms with Crippen molar-refractivity contribution in [2.24, 2.45) is 4.99 Å². The predicted molar refractivity (Wildman–Crippen MR) is 245 cm³/mol. The summed E-state index contributed by atoms with van der Waals surface area (Å²) in [7, 11) is -6.81. The lowest BCUT2D eigenvalue weighted by Crippen LogP contribution is -2.40. The van der Waals surface area contributed by atoms with Crippen LogP contribution in [0.25, 0.3) is 0 Å². The Hall–Kier alpha value is 1.07. The maximum Gasteiger partial charge on any atom is 0.266 e. The van der Waals surface area contributed by atoms with Crippen molar-refractivity contribution in [2.75, 3.05) is 30.0 Å². The van der Waals surface area contributed by atoms with Crippen LogP contribution in [0.1, 0.15) is 37.0 Å². The van der Waals surface area contributed by atoms with Crippen molar-refractivity contribution in [2.45, 2.75) is 39.5 Å². The fourth-order valence-electron chi connectivity index (χ4n) is 5.00. The first-order valence-corrected chi connectivity index (χ1v) is 23.5. The average molecular weight is 1360 g/mol. The van der Waals surface area contributed by atoms with Gasteiger partial charge < -0.3 is 4.90 Å². The summed E-state index contributed by atoms with van der Waals surface area (Å²) < 4.78 is 72.8. The van der Waals surface area contributed by atoms with Crippen LogP contribution in [0.3, 0.4) is 0 Å². The van der Waals surface area contributed by atoms with E-state index in [9.17, 15) is 25.9 Å². The molecule has 0 aromatic heterocycles. The first kappa shape index (κ1) is 44.2. The van der Waals surface area contributed by atoms with Crippen LogP contribution in [-0.4, -0.2) is 56.8 Å². The molecule has 1 atom stereocenters. The largest absolute Gasteiger partial charge is 0.345 e. The third-order valence-electron chi connectivity index (χ3n) is 7.10. The Bertz CT molecular complexity index is 1870. The van der Waals surface area contributed by atoms with Gasteiger partial charge in [0.05, 0.1) is 16.9 Å². The Morgan fingerprint density at radius 1 is 0.851 bits per heavy atom. The number of allylic oxidation sites excluding steroid dienone is 8. The number of hydrogen-bond acceptors (Lipinski definition) is 6. The lowest BCUT2D eigenvalue weighted by molar-refractivity contribution is 0.472. The molecule has 0 saturated heterocycles. The number of rotatable bonds is 14. The average Bonchev–Trinajstić information content (AvgIpc) is 2.94. The number of nitrogens with zero attached hydrogens (tertiary/aromatic N) is 2. The van der Waals surface area contributed by atoms with Crippen molar-refractivity contribution in [1.82, 2.24) is 0 Å². The molecule has 0 radical (unpaired) electrons. The van der Waals surface area contributed by atoms with Gasteiger partial charge in [-0.15, -0.1) is 0 Å². The highest BCUT2D eigenvalue weighted by Crippen LogP contribution is 2.38. The van der Waals surface area contributed by atoms with E-state index in [1.807, 2.05) is 57.2 Å². The summed E-state index contributed by atoms with van der Waals surface area (Å²) in [6.07, 6.45) is 13.1. The Balaban J connectivity index is 2.39. The van der Waals surface area contributed by atoms with Gasteiger partial charge in [-0.05, 0) is 211 Å². The number of benzene rings is 2. The van der Waals surface area contributed by atoms with Gasteiger partial charge in [0, 0.05) is 52.1 Å². The number of hydrogen-bond donors (Lipinski definition) is 2. The predicted octanol–water partition coefficient (Wildman–Crippen LogP) is 9.50. The van der Waals surface area contributed by atoms with Gasteiger partial charge in [-0.1, -0.05) is 30.4 Å². The summed E-state index contributed by atoms with van der Waals surface area (Å²) >= 11 is 13.7. The first-order valence-electron chi connectivity index (χ1n) is 13.8. The molecule has 0 bridgehead atoms. The number of aliphatic imine (C=N–C) groups is 1. The molecule has 2 N–H and O–H groups in total. The summed E-state index contributed by atoms with van der Waals surface area (Å²) in [4.78, 5) is 6.51. The van der Waals surface area contributed by atoms with E-state index in [1.54, 1.807) is 26.1 Å². The summed E-state index contributed by atoms with van der Waals surface area (Å²) in [5.41, 5.74) is 4.09. The number of anilines is 1. The zero-order valence-electron chi connectivity index (χ0n) is 26.0. The smallest absolute Gasteiger partial charge is 0.266 e. The minimum Gasteiger partial charge on any atom is -0.345 e. The van der Waals surface area contributed by atoms with Gasteiger partial charge in [0.2, 0.25) is 0 Å². The van der Waals surface area contributed by atoms with Crippen molar-refractivity contribution >= 4 is 167 Å². The SMILES string of the molecule is C\N=C(/C=C/C=C/C=C/C=C(/C)N(CCCS(=O)(=O)O)c1cc(I)c(I)c(I)c1C)C(C)(CS(=O)(=O)O)c1c(C)cc(I)c(I)c1I. The maximum absolute atomic E-state index is 12.2. The van der Waals surface area contributed by atoms with E-state index in [2.05, 4.69) is 152 Å². The van der Waals surface area contributed by atoms with E-state index in [1.165, 1.54) is 0 Å². The summed E-state index contributed by atoms with van der Waals surface area (Å²) in [6, 6.07) is 4.09. The Kier molecular flexibility index (Phi) is 18.1. The van der Waals surface area contributed by atoms with E-state index < -0.39 is 31.4 Å². The van der Waals surface area contributed by atoms with Crippen molar-refractivity contribution in [3.05, 3.63) is 98.5 Å². The third kappa shape index (κ3) is 12.9. The van der Waals surface area contributed by atoms with Crippen LogP contribution in [-0.2, 0) is 25.7 Å². The van der Waals surface area contributed by atoms with Crippen molar-refractivity contribution in [1.29, 1.82) is 0 Å². The quantitative estimate of drug-likeness (QED) is 0.0636. The lowest BCUT2D eigenvalue weighted by atomic mass is 9.77. The van der Waals surface area contributed by atoms with Gasteiger partial charge >= 0.3 is 0 Å². The van der Waals surface area contributed by atoms with Crippen LogP contribution in [0, 0.1) is 35.3 Å². The molecule has 47 heavy (non-hydrogen) atoms. The van der Waals surface area contributed by atoms with E-state index >= 15 is 0 Å². The van der Waals surface area contributed by atoms with E-state index in [0.717, 1.165) is 49.5 Å². The molecule has 0 fully saturated rings. The van der Waals surface area contributed by atoms with Crippen molar-refractivity contribution < 1.29 is 25.9 Å². The first-order chi connectivity index (χ1) is 21.6.